The van der Waals surface area contributed by atoms with Crippen molar-refractivity contribution in [1.29, 1.82) is 0 Å². The van der Waals surface area contributed by atoms with Crippen LogP contribution in [0, 0.1) is 0 Å². The lowest BCUT2D eigenvalue weighted by molar-refractivity contribution is -0.120. The minimum atomic E-state index is -0.0344. The Morgan fingerprint density at radius 3 is 2.46 bits per heavy atom. The molecule has 6 heteroatoms. The molecule has 2 rings (SSSR count). The van der Waals surface area contributed by atoms with E-state index in [1.165, 1.54) is 0 Å². The number of anilines is 1. The van der Waals surface area contributed by atoms with Crippen LogP contribution in [0.3, 0.4) is 0 Å². The monoisotopic (exact) mass is 348 g/mol. The van der Waals surface area contributed by atoms with E-state index in [1.54, 1.807) is 13.2 Å². The summed E-state index contributed by atoms with van der Waals surface area (Å²) in [6, 6.07) is 14.8. The third-order valence-electron chi connectivity index (χ3n) is 3.29. The fourth-order valence-electron chi connectivity index (χ4n) is 2.03. The second-order valence-corrected chi connectivity index (χ2v) is 5.44. The molecule has 0 heterocycles. The van der Waals surface area contributed by atoms with E-state index in [4.69, 9.17) is 21.1 Å². The van der Waals surface area contributed by atoms with Crippen LogP contribution >= 0.6 is 11.6 Å². The SMILES string of the molecule is COc1ccc(OCCNC(=O)CCNc2ccccc2Cl)cc1. The third kappa shape index (κ3) is 6.01. The number of halogens is 1. The number of carbonyl (C=O) groups excluding carboxylic acids is 1. The van der Waals surface area contributed by atoms with Crippen LogP contribution in [0.1, 0.15) is 6.42 Å². The number of rotatable bonds is 9. The Morgan fingerprint density at radius 2 is 1.75 bits per heavy atom. The van der Waals surface area contributed by atoms with Gasteiger partial charge in [0.25, 0.3) is 0 Å². The highest BCUT2D eigenvalue weighted by Crippen LogP contribution is 2.20. The highest BCUT2D eigenvalue weighted by atomic mass is 35.5. The van der Waals surface area contributed by atoms with Gasteiger partial charge in [-0.3, -0.25) is 4.79 Å². The van der Waals surface area contributed by atoms with Crippen LogP contribution < -0.4 is 20.1 Å². The van der Waals surface area contributed by atoms with E-state index in [1.807, 2.05) is 42.5 Å². The molecule has 0 bridgehead atoms. The summed E-state index contributed by atoms with van der Waals surface area (Å²) in [5, 5.41) is 6.59. The average Bonchev–Trinajstić information content (AvgIpc) is 2.61. The summed E-state index contributed by atoms with van der Waals surface area (Å²) in [4.78, 5) is 11.8. The first-order valence-corrected chi connectivity index (χ1v) is 8.09. The van der Waals surface area contributed by atoms with Crippen molar-refractivity contribution in [2.24, 2.45) is 0 Å². The summed E-state index contributed by atoms with van der Waals surface area (Å²) < 4.78 is 10.6. The Kier molecular flexibility index (Phi) is 7.23. The Labute approximate surface area is 146 Å². The fraction of sp³-hybridized carbons (Fsp3) is 0.278. The molecule has 0 radical (unpaired) electrons. The molecule has 0 aliphatic rings. The first-order chi connectivity index (χ1) is 11.7. The van der Waals surface area contributed by atoms with Crippen molar-refractivity contribution in [3.63, 3.8) is 0 Å². The first kappa shape index (κ1) is 17.9. The maximum atomic E-state index is 11.8. The zero-order valence-corrected chi connectivity index (χ0v) is 14.3. The molecule has 2 aromatic rings. The van der Waals surface area contributed by atoms with Gasteiger partial charge in [-0.25, -0.2) is 0 Å². The van der Waals surface area contributed by atoms with Crippen molar-refractivity contribution in [2.75, 3.05) is 32.1 Å². The van der Waals surface area contributed by atoms with Gasteiger partial charge in [0.1, 0.15) is 18.1 Å². The summed E-state index contributed by atoms with van der Waals surface area (Å²) in [6.45, 7) is 1.39. The molecule has 0 aliphatic carbocycles. The largest absolute Gasteiger partial charge is 0.497 e. The van der Waals surface area contributed by atoms with Crippen LogP contribution in [0.5, 0.6) is 11.5 Å². The van der Waals surface area contributed by atoms with Gasteiger partial charge in [-0.2, -0.15) is 0 Å². The zero-order chi connectivity index (χ0) is 17.2. The number of nitrogens with one attached hydrogen (secondary N) is 2. The van der Waals surface area contributed by atoms with Crippen molar-refractivity contribution in [1.82, 2.24) is 5.32 Å². The molecule has 0 spiro atoms. The minimum Gasteiger partial charge on any atom is -0.497 e. The van der Waals surface area contributed by atoms with Crippen molar-refractivity contribution in [3.8, 4) is 11.5 Å². The Hall–Kier alpha value is -2.40. The number of ether oxygens (including phenoxy) is 2. The van der Waals surface area contributed by atoms with Gasteiger partial charge in [0.15, 0.2) is 0 Å². The highest BCUT2D eigenvalue weighted by Gasteiger charge is 2.02. The van der Waals surface area contributed by atoms with Crippen molar-refractivity contribution in [2.45, 2.75) is 6.42 Å². The van der Waals surface area contributed by atoms with Crippen molar-refractivity contribution in [3.05, 3.63) is 53.6 Å². The molecule has 1 amide bonds. The van der Waals surface area contributed by atoms with Gasteiger partial charge < -0.3 is 20.1 Å². The van der Waals surface area contributed by atoms with E-state index in [0.29, 0.717) is 31.1 Å². The van der Waals surface area contributed by atoms with E-state index in [0.717, 1.165) is 17.2 Å². The van der Waals surface area contributed by atoms with Crippen LogP contribution in [0.15, 0.2) is 48.5 Å². The molecule has 128 valence electrons. The molecule has 0 unspecified atom stereocenters. The number of amides is 1. The van der Waals surface area contributed by atoms with Gasteiger partial charge in [0, 0.05) is 13.0 Å². The van der Waals surface area contributed by atoms with Gasteiger partial charge >= 0.3 is 0 Å². The zero-order valence-electron chi connectivity index (χ0n) is 13.5. The predicted molar refractivity (Wildman–Crippen MR) is 96.1 cm³/mol. The lowest BCUT2D eigenvalue weighted by Gasteiger charge is -2.10. The predicted octanol–water partition coefficient (Wildman–Crippen LogP) is 3.35. The van der Waals surface area contributed by atoms with Crippen molar-refractivity contribution < 1.29 is 14.3 Å². The Balaban J connectivity index is 1.58. The Bertz CT molecular complexity index is 647. The molecule has 5 nitrogen and oxygen atoms in total. The van der Waals surface area contributed by atoms with E-state index in [9.17, 15) is 4.79 Å². The van der Waals surface area contributed by atoms with Crippen LogP contribution in [-0.2, 0) is 4.79 Å². The molecule has 2 aromatic carbocycles. The fourth-order valence-corrected chi connectivity index (χ4v) is 2.24. The molecule has 0 aliphatic heterocycles. The third-order valence-corrected chi connectivity index (χ3v) is 3.62. The molecule has 24 heavy (non-hydrogen) atoms. The van der Waals surface area contributed by atoms with Gasteiger partial charge in [0.2, 0.25) is 5.91 Å². The molecule has 2 N–H and O–H groups in total. The Morgan fingerprint density at radius 1 is 1.04 bits per heavy atom. The lowest BCUT2D eigenvalue weighted by atomic mass is 10.3. The quantitative estimate of drug-likeness (QED) is 0.682. The molecule has 0 fully saturated rings. The second kappa shape index (κ2) is 9.67. The summed E-state index contributed by atoms with van der Waals surface area (Å²) in [5.41, 5.74) is 0.829. The molecule has 0 aromatic heterocycles. The van der Waals surface area contributed by atoms with E-state index in [2.05, 4.69) is 10.6 Å². The number of carbonyl (C=O) groups is 1. The highest BCUT2D eigenvalue weighted by molar-refractivity contribution is 6.33. The van der Waals surface area contributed by atoms with E-state index < -0.39 is 0 Å². The van der Waals surface area contributed by atoms with Gasteiger partial charge in [-0.15, -0.1) is 0 Å². The topological polar surface area (TPSA) is 59.6 Å². The lowest BCUT2D eigenvalue weighted by Crippen LogP contribution is -2.29. The van der Waals surface area contributed by atoms with Gasteiger partial charge in [0.05, 0.1) is 24.4 Å². The number of hydrogen-bond donors (Lipinski definition) is 2. The van der Waals surface area contributed by atoms with E-state index in [-0.39, 0.29) is 5.91 Å². The smallest absolute Gasteiger partial charge is 0.221 e. The summed E-state index contributed by atoms with van der Waals surface area (Å²) >= 11 is 6.03. The molecule has 0 saturated heterocycles. The number of hydrogen-bond acceptors (Lipinski definition) is 4. The number of benzene rings is 2. The minimum absolute atomic E-state index is 0.0344. The standard InChI is InChI=1S/C18H21ClN2O3/c1-23-14-6-8-15(9-7-14)24-13-12-21-18(22)10-11-20-17-5-3-2-4-16(17)19/h2-9,20H,10-13H2,1H3,(H,21,22). The summed E-state index contributed by atoms with van der Waals surface area (Å²) in [7, 11) is 1.62. The van der Waals surface area contributed by atoms with Gasteiger partial charge in [-0.1, -0.05) is 23.7 Å². The normalized spacial score (nSPS) is 10.1. The number of para-hydroxylation sites is 1. The van der Waals surface area contributed by atoms with Crippen molar-refractivity contribution >= 4 is 23.2 Å². The van der Waals surface area contributed by atoms with Crippen LogP contribution in [0.2, 0.25) is 5.02 Å². The molecule has 0 atom stereocenters. The van der Waals surface area contributed by atoms with Crippen LogP contribution in [-0.4, -0.2) is 32.7 Å². The van der Waals surface area contributed by atoms with Crippen LogP contribution in [0.25, 0.3) is 0 Å². The molecular weight excluding hydrogens is 328 g/mol. The van der Waals surface area contributed by atoms with Crippen LogP contribution in [0.4, 0.5) is 5.69 Å². The summed E-state index contributed by atoms with van der Waals surface area (Å²) in [5.74, 6) is 1.49. The summed E-state index contributed by atoms with van der Waals surface area (Å²) in [6.07, 6.45) is 0.369. The molecular formula is C18H21ClN2O3. The average molecular weight is 349 g/mol. The van der Waals surface area contributed by atoms with Gasteiger partial charge in [-0.05, 0) is 36.4 Å². The maximum Gasteiger partial charge on any atom is 0.221 e. The maximum absolute atomic E-state index is 11.8. The first-order valence-electron chi connectivity index (χ1n) is 7.71. The van der Waals surface area contributed by atoms with E-state index >= 15 is 0 Å². The second-order valence-electron chi connectivity index (χ2n) is 5.03. The number of methoxy groups -OCH3 is 1. The molecule has 0 saturated carbocycles.